The fourth-order valence-electron chi connectivity index (χ4n) is 2.45. The third-order valence-electron chi connectivity index (χ3n) is 3.71. The molecule has 3 rings (SSSR count). The first-order valence-corrected chi connectivity index (χ1v) is 9.82. The molecule has 1 fully saturated rings. The monoisotopic (exact) mass is 396 g/mol. The lowest BCUT2D eigenvalue weighted by Gasteiger charge is -2.21. The fraction of sp³-hybridized carbons (Fsp3) is 0.571. The Hall–Kier alpha value is -1.85. The van der Waals surface area contributed by atoms with Crippen molar-refractivity contribution in [3.63, 3.8) is 0 Å². The van der Waals surface area contributed by atoms with Gasteiger partial charge < -0.3 is 15.2 Å². The summed E-state index contributed by atoms with van der Waals surface area (Å²) in [5.41, 5.74) is 6.89. The van der Waals surface area contributed by atoms with Crippen molar-refractivity contribution in [2.45, 2.75) is 32.6 Å². The molecular weight excluding hydrogens is 376 g/mol. The molecule has 2 radical (unpaired) electrons. The van der Waals surface area contributed by atoms with Gasteiger partial charge in [0.25, 0.3) is 0 Å². The first-order chi connectivity index (χ1) is 12.9. The van der Waals surface area contributed by atoms with E-state index in [1.165, 1.54) is 13.3 Å². The minimum Gasteiger partial charge on any atom is -0.434 e. The number of aromatic nitrogens is 4. The van der Waals surface area contributed by atoms with E-state index in [0.29, 0.717) is 23.4 Å². The molecule has 1 unspecified atom stereocenters. The number of imidazole rings is 1. The van der Waals surface area contributed by atoms with Gasteiger partial charge >= 0.3 is 21.4 Å². The second kappa shape index (κ2) is 8.45. The number of carbonyl (C=O) groups excluding carboxylic acids is 1. The summed E-state index contributed by atoms with van der Waals surface area (Å²) in [4.78, 5) is 23.3. The van der Waals surface area contributed by atoms with Crippen LogP contribution in [0.3, 0.4) is 0 Å². The molecule has 0 bridgehead atoms. The van der Waals surface area contributed by atoms with Crippen molar-refractivity contribution < 1.29 is 27.8 Å². The number of esters is 1. The van der Waals surface area contributed by atoms with Crippen LogP contribution in [-0.4, -0.2) is 59.2 Å². The molecule has 2 N–H and O–H groups in total. The second-order valence-corrected chi connectivity index (χ2v) is 7.68. The smallest absolute Gasteiger partial charge is 0.434 e. The maximum atomic E-state index is 10.9. The third kappa shape index (κ3) is 4.91. The molecular formula is C14H20BN5O6P+. The van der Waals surface area contributed by atoms with Gasteiger partial charge in [0.1, 0.15) is 24.7 Å². The number of rotatable bonds is 4. The van der Waals surface area contributed by atoms with E-state index in [4.69, 9.17) is 36.3 Å². The van der Waals surface area contributed by atoms with Crippen LogP contribution >= 0.6 is 7.82 Å². The van der Waals surface area contributed by atoms with Crippen LogP contribution in [-0.2, 0) is 27.8 Å². The Morgan fingerprint density at radius 3 is 3.04 bits per heavy atom. The van der Waals surface area contributed by atoms with Crippen LogP contribution in [0.15, 0.2) is 12.7 Å². The molecule has 3 heterocycles. The molecule has 13 heteroatoms. The first kappa shape index (κ1) is 19.9. The predicted octanol–water partition coefficient (Wildman–Crippen LogP) is 1.13. The molecule has 1 aliphatic heterocycles. The van der Waals surface area contributed by atoms with Crippen LogP contribution in [0.4, 0.5) is 5.82 Å². The van der Waals surface area contributed by atoms with Crippen molar-refractivity contribution in [1.29, 1.82) is 0 Å². The normalized spacial score (nSPS) is 26.9. The molecule has 2 aromatic heterocycles. The molecule has 2 aromatic rings. The highest BCUT2D eigenvalue weighted by atomic mass is 31.2. The van der Waals surface area contributed by atoms with Crippen molar-refractivity contribution in [2.24, 2.45) is 0 Å². The number of nitrogens with zero attached hydrogens (tertiary/aromatic N) is 4. The van der Waals surface area contributed by atoms with Crippen LogP contribution in [0.1, 0.15) is 26.5 Å². The summed E-state index contributed by atoms with van der Waals surface area (Å²) in [6.07, 6.45) is 2.64. The van der Waals surface area contributed by atoms with Gasteiger partial charge in [-0.3, -0.25) is 9.36 Å². The van der Waals surface area contributed by atoms with Crippen LogP contribution < -0.4 is 5.73 Å². The second-order valence-electron chi connectivity index (χ2n) is 5.82. The van der Waals surface area contributed by atoms with Gasteiger partial charge in [0, 0.05) is 13.3 Å². The zero-order valence-corrected chi connectivity index (χ0v) is 15.9. The summed E-state index contributed by atoms with van der Waals surface area (Å²) in [5, 5.41) is 0. The number of fused-ring (bicyclic) bond motifs is 1. The number of nitrogen functional groups attached to an aromatic ring is 1. The van der Waals surface area contributed by atoms with Gasteiger partial charge in [-0.15, -0.1) is 0 Å². The van der Waals surface area contributed by atoms with Crippen LogP contribution in [0.5, 0.6) is 0 Å². The fourth-order valence-corrected chi connectivity index (χ4v) is 3.65. The molecule has 1 saturated heterocycles. The Labute approximate surface area is 157 Å². The predicted molar refractivity (Wildman–Crippen MR) is 96.2 cm³/mol. The quantitative estimate of drug-likeness (QED) is 0.347. The van der Waals surface area contributed by atoms with Crippen molar-refractivity contribution >= 4 is 38.3 Å². The van der Waals surface area contributed by atoms with E-state index in [2.05, 4.69) is 15.0 Å². The zero-order valence-electron chi connectivity index (χ0n) is 15.0. The van der Waals surface area contributed by atoms with Crippen molar-refractivity contribution in [1.82, 2.24) is 19.5 Å². The Bertz CT molecular complexity index is 809. The lowest BCUT2D eigenvalue weighted by Crippen LogP contribution is -2.22. The standard InChI is InChI=1S/C14H20BN5O6P/c1-9-5-24-27(15,25-8-22-10(2)21)23-4-3-11(26-9)20-7-19-12-13(16)17-6-18-14(12)20/h6-7,9,11H,3-5,8H2,1-2H3,(H2,16,17,18)/q+1/t9-,11+,27?/m0/s1. The molecule has 0 spiro atoms. The van der Waals surface area contributed by atoms with Gasteiger partial charge in [0.05, 0.1) is 19.0 Å². The maximum absolute atomic E-state index is 10.9. The van der Waals surface area contributed by atoms with E-state index in [1.807, 2.05) is 6.92 Å². The summed E-state index contributed by atoms with van der Waals surface area (Å²) in [6, 6.07) is 0. The number of hydrogen-bond acceptors (Lipinski definition) is 10. The third-order valence-corrected chi connectivity index (χ3v) is 5.22. The van der Waals surface area contributed by atoms with Gasteiger partial charge in [-0.2, -0.15) is 13.6 Å². The van der Waals surface area contributed by atoms with E-state index in [-0.39, 0.29) is 26.1 Å². The molecule has 0 aliphatic carbocycles. The number of anilines is 1. The average molecular weight is 396 g/mol. The van der Waals surface area contributed by atoms with E-state index in [9.17, 15) is 4.79 Å². The lowest BCUT2D eigenvalue weighted by molar-refractivity contribution is -0.148. The maximum Gasteiger partial charge on any atom is 0.488 e. The minimum atomic E-state index is -3.14. The molecule has 0 amide bonds. The van der Waals surface area contributed by atoms with Gasteiger partial charge in [0.2, 0.25) is 6.79 Å². The summed E-state index contributed by atoms with van der Waals surface area (Å²) < 4.78 is 29.1. The topological polar surface area (TPSA) is 133 Å². The molecule has 0 saturated carbocycles. The molecule has 3 atom stereocenters. The SMILES string of the molecule is [B][P+]1(OCOC(C)=O)OCC[C@H](n2cnc3c(N)ncnc32)O[C@@H](C)CO1. The molecule has 1 aliphatic rings. The van der Waals surface area contributed by atoms with E-state index in [0.717, 1.165) is 0 Å². The van der Waals surface area contributed by atoms with Crippen LogP contribution in [0.2, 0.25) is 0 Å². The van der Waals surface area contributed by atoms with Gasteiger partial charge in [-0.25, -0.2) is 15.0 Å². The minimum absolute atomic E-state index is 0.130. The van der Waals surface area contributed by atoms with Gasteiger partial charge in [0.15, 0.2) is 11.5 Å². The van der Waals surface area contributed by atoms with Gasteiger partial charge in [-0.1, -0.05) is 0 Å². The molecule has 144 valence electrons. The number of nitrogens with two attached hydrogens (primary N) is 1. The number of carbonyl (C=O) groups is 1. The summed E-state index contributed by atoms with van der Waals surface area (Å²) in [7, 11) is 2.92. The summed E-state index contributed by atoms with van der Waals surface area (Å²) in [5.74, 6) is -0.198. The Kier molecular flexibility index (Phi) is 6.23. The summed E-state index contributed by atoms with van der Waals surface area (Å²) >= 11 is 0. The highest BCUT2D eigenvalue weighted by Crippen LogP contribution is 2.58. The largest absolute Gasteiger partial charge is 0.488 e. The highest BCUT2D eigenvalue weighted by Gasteiger charge is 2.41. The molecule has 0 aromatic carbocycles. The summed E-state index contributed by atoms with van der Waals surface area (Å²) in [6.45, 7) is 3.06. The molecule has 27 heavy (non-hydrogen) atoms. The number of ether oxygens (including phenoxy) is 2. The highest BCUT2D eigenvalue weighted by molar-refractivity contribution is 7.85. The lowest BCUT2D eigenvalue weighted by atomic mass is 10.3. The van der Waals surface area contributed by atoms with Gasteiger partial charge in [-0.05, 0) is 6.92 Å². The van der Waals surface area contributed by atoms with E-state index in [1.54, 1.807) is 10.9 Å². The molecule has 11 nitrogen and oxygen atoms in total. The first-order valence-electron chi connectivity index (χ1n) is 8.21. The van der Waals surface area contributed by atoms with Crippen LogP contribution in [0.25, 0.3) is 11.2 Å². The Morgan fingerprint density at radius 2 is 2.26 bits per heavy atom. The zero-order chi connectivity index (χ0) is 19.4. The van der Waals surface area contributed by atoms with Crippen molar-refractivity contribution in [3.05, 3.63) is 12.7 Å². The van der Waals surface area contributed by atoms with Crippen molar-refractivity contribution in [2.75, 3.05) is 25.7 Å². The van der Waals surface area contributed by atoms with Crippen molar-refractivity contribution in [3.8, 4) is 0 Å². The Morgan fingerprint density at radius 1 is 1.44 bits per heavy atom. The van der Waals surface area contributed by atoms with E-state index >= 15 is 0 Å². The van der Waals surface area contributed by atoms with Crippen LogP contribution in [0, 0.1) is 0 Å². The number of hydrogen-bond donors (Lipinski definition) is 1. The van der Waals surface area contributed by atoms with E-state index < -0.39 is 20.0 Å². The Balaban J connectivity index is 1.73. The average Bonchev–Trinajstić information content (AvgIpc) is 3.05.